The fourth-order valence-electron chi connectivity index (χ4n) is 2.35. The minimum atomic E-state index is -0.559. The molecule has 0 aliphatic rings. The molecule has 1 heterocycles. The highest BCUT2D eigenvalue weighted by molar-refractivity contribution is 6.31. The lowest BCUT2D eigenvalue weighted by Gasteiger charge is -2.16. The Morgan fingerprint density at radius 3 is 2.60 bits per heavy atom. The van der Waals surface area contributed by atoms with E-state index in [1.807, 2.05) is 32.0 Å². The number of nitrogens with zero attached hydrogens (tertiary/aromatic N) is 2. The van der Waals surface area contributed by atoms with Gasteiger partial charge in [-0.3, -0.25) is 4.68 Å². The molecule has 2 rings (SSSR count). The quantitative estimate of drug-likeness (QED) is 0.867. The molecule has 1 N–H and O–H groups in total. The lowest BCUT2D eigenvalue weighted by Crippen LogP contribution is -2.12. The van der Waals surface area contributed by atoms with Crippen molar-refractivity contribution in [3.63, 3.8) is 0 Å². The summed E-state index contributed by atoms with van der Waals surface area (Å²) in [7, 11) is 0. The Kier molecular flexibility index (Phi) is 5.21. The molecule has 0 aliphatic heterocycles. The minimum Gasteiger partial charge on any atom is -0.387 e. The summed E-state index contributed by atoms with van der Waals surface area (Å²) >= 11 is 6.14. The van der Waals surface area contributed by atoms with Crippen molar-refractivity contribution in [3.05, 3.63) is 52.8 Å². The second-order valence-corrected chi connectivity index (χ2v) is 5.72. The summed E-state index contributed by atoms with van der Waals surface area (Å²) in [6, 6.07) is 10.5. The maximum atomic E-state index is 10.4. The minimum absolute atomic E-state index is 0.196. The van der Waals surface area contributed by atoms with Crippen LogP contribution in [0.15, 0.2) is 36.5 Å². The summed E-state index contributed by atoms with van der Waals surface area (Å²) in [5.74, 6) is 0. The van der Waals surface area contributed by atoms with Crippen molar-refractivity contribution in [3.8, 4) is 0 Å². The number of rotatable bonds is 6. The molecule has 0 aliphatic carbocycles. The molecule has 1 aromatic carbocycles. The van der Waals surface area contributed by atoms with Gasteiger partial charge in [-0.2, -0.15) is 5.10 Å². The molecule has 0 radical (unpaired) electrons. The Bertz CT molecular complexity index is 537. The Morgan fingerprint density at radius 2 is 1.95 bits per heavy atom. The molecular formula is C16H21ClN2O. The van der Waals surface area contributed by atoms with E-state index in [9.17, 15) is 5.11 Å². The maximum Gasteiger partial charge on any atom is 0.0972 e. The van der Waals surface area contributed by atoms with E-state index in [2.05, 4.69) is 17.2 Å². The SMILES string of the molecule is CC(C)n1ncc(Cl)c1C(O)CCCc1ccccc1. The van der Waals surface area contributed by atoms with Gasteiger partial charge in [0.1, 0.15) is 0 Å². The lowest BCUT2D eigenvalue weighted by atomic mass is 10.0. The number of benzene rings is 1. The smallest absolute Gasteiger partial charge is 0.0972 e. The normalized spacial score (nSPS) is 12.8. The van der Waals surface area contributed by atoms with Gasteiger partial charge in [0.15, 0.2) is 0 Å². The van der Waals surface area contributed by atoms with E-state index in [4.69, 9.17) is 11.6 Å². The van der Waals surface area contributed by atoms with Gasteiger partial charge in [0.2, 0.25) is 0 Å². The van der Waals surface area contributed by atoms with Gasteiger partial charge in [-0.1, -0.05) is 41.9 Å². The number of aliphatic hydroxyl groups is 1. The van der Waals surface area contributed by atoms with Gasteiger partial charge in [0, 0.05) is 6.04 Å². The van der Waals surface area contributed by atoms with Gasteiger partial charge in [0.05, 0.1) is 23.0 Å². The van der Waals surface area contributed by atoms with Crippen LogP contribution < -0.4 is 0 Å². The first kappa shape index (κ1) is 15.1. The van der Waals surface area contributed by atoms with Crippen molar-refractivity contribution < 1.29 is 5.11 Å². The fraction of sp³-hybridized carbons (Fsp3) is 0.438. The molecule has 0 fully saturated rings. The number of halogens is 1. The number of hydrogen-bond donors (Lipinski definition) is 1. The molecular weight excluding hydrogens is 272 g/mol. The van der Waals surface area contributed by atoms with Crippen LogP contribution in [0.3, 0.4) is 0 Å². The van der Waals surface area contributed by atoms with Crippen LogP contribution in [-0.4, -0.2) is 14.9 Å². The Morgan fingerprint density at radius 1 is 1.25 bits per heavy atom. The predicted octanol–water partition coefficient (Wildman–Crippen LogP) is 4.17. The van der Waals surface area contributed by atoms with Gasteiger partial charge in [-0.05, 0) is 38.7 Å². The second-order valence-electron chi connectivity index (χ2n) is 5.31. The van der Waals surface area contributed by atoms with E-state index >= 15 is 0 Å². The summed E-state index contributed by atoms with van der Waals surface area (Å²) in [6.07, 6.45) is 3.62. The van der Waals surface area contributed by atoms with Gasteiger partial charge >= 0.3 is 0 Å². The Balaban J connectivity index is 1.95. The largest absolute Gasteiger partial charge is 0.387 e. The number of hydrogen-bond acceptors (Lipinski definition) is 2. The van der Waals surface area contributed by atoms with Gasteiger partial charge in [0.25, 0.3) is 0 Å². The van der Waals surface area contributed by atoms with E-state index in [0.717, 1.165) is 18.5 Å². The number of aromatic nitrogens is 2. The monoisotopic (exact) mass is 292 g/mol. The number of aryl methyl sites for hydroxylation is 1. The first-order chi connectivity index (χ1) is 9.59. The first-order valence-electron chi connectivity index (χ1n) is 7.04. The molecule has 2 aromatic rings. The zero-order chi connectivity index (χ0) is 14.5. The Labute approximate surface area is 125 Å². The summed E-state index contributed by atoms with van der Waals surface area (Å²) in [6.45, 7) is 4.06. The van der Waals surface area contributed by atoms with Crippen molar-refractivity contribution in [1.82, 2.24) is 9.78 Å². The molecule has 3 nitrogen and oxygen atoms in total. The summed E-state index contributed by atoms with van der Waals surface area (Å²) in [5, 5.41) is 15.1. The predicted molar refractivity (Wildman–Crippen MR) is 82.0 cm³/mol. The van der Waals surface area contributed by atoms with Crippen LogP contribution in [0.4, 0.5) is 0 Å². The van der Waals surface area contributed by atoms with Crippen LogP contribution in [-0.2, 0) is 6.42 Å². The molecule has 0 amide bonds. The highest BCUT2D eigenvalue weighted by Crippen LogP contribution is 2.28. The van der Waals surface area contributed by atoms with Crippen LogP contribution in [0.25, 0.3) is 0 Å². The summed E-state index contributed by atoms with van der Waals surface area (Å²) in [5.41, 5.74) is 2.03. The van der Waals surface area contributed by atoms with E-state index in [1.54, 1.807) is 10.9 Å². The van der Waals surface area contributed by atoms with Gasteiger partial charge in [-0.15, -0.1) is 0 Å². The van der Waals surface area contributed by atoms with E-state index < -0.39 is 6.10 Å². The molecule has 4 heteroatoms. The first-order valence-corrected chi connectivity index (χ1v) is 7.42. The molecule has 0 spiro atoms. The van der Waals surface area contributed by atoms with E-state index in [0.29, 0.717) is 11.4 Å². The second kappa shape index (κ2) is 6.91. The third kappa shape index (κ3) is 3.62. The van der Waals surface area contributed by atoms with Crippen molar-refractivity contribution in [1.29, 1.82) is 0 Å². The van der Waals surface area contributed by atoms with E-state index in [1.165, 1.54) is 5.56 Å². The lowest BCUT2D eigenvalue weighted by molar-refractivity contribution is 0.152. The van der Waals surface area contributed by atoms with Crippen LogP contribution in [0.2, 0.25) is 5.02 Å². The molecule has 1 unspecified atom stereocenters. The van der Waals surface area contributed by atoms with Gasteiger partial charge in [-0.25, -0.2) is 0 Å². The third-order valence-corrected chi connectivity index (χ3v) is 3.67. The van der Waals surface area contributed by atoms with Crippen molar-refractivity contribution >= 4 is 11.6 Å². The van der Waals surface area contributed by atoms with Crippen molar-refractivity contribution in [2.24, 2.45) is 0 Å². The molecule has 1 atom stereocenters. The fourth-order valence-corrected chi connectivity index (χ4v) is 2.61. The highest BCUT2D eigenvalue weighted by atomic mass is 35.5. The number of aliphatic hydroxyl groups excluding tert-OH is 1. The zero-order valence-corrected chi connectivity index (χ0v) is 12.7. The highest BCUT2D eigenvalue weighted by Gasteiger charge is 2.19. The summed E-state index contributed by atoms with van der Waals surface area (Å²) in [4.78, 5) is 0. The van der Waals surface area contributed by atoms with E-state index in [-0.39, 0.29) is 6.04 Å². The molecule has 1 aromatic heterocycles. The molecule has 0 bridgehead atoms. The summed E-state index contributed by atoms with van der Waals surface area (Å²) < 4.78 is 1.80. The van der Waals surface area contributed by atoms with Gasteiger partial charge < -0.3 is 5.11 Å². The molecule has 0 saturated carbocycles. The standard InChI is InChI=1S/C16H21ClN2O/c1-12(2)19-16(14(17)11-18-19)15(20)10-6-9-13-7-4-3-5-8-13/h3-5,7-8,11-12,15,20H,6,9-10H2,1-2H3. The average molecular weight is 293 g/mol. The average Bonchev–Trinajstić information content (AvgIpc) is 2.82. The topological polar surface area (TPSA) is 38.0 Å². The molecule has 0 saturated heterocycles. The maximum absolute atomic E-state index is 10.4. The van der Waals surface area contributed by atoms with Crippen LogP contribution in [0.5, 0.6) is 0 Å². The van der Waals surface area contributed by atoms with Crippen LogP contribution in [0.1, 0.15) is 50.1 Å². The van der Waals surface area contributed by atoms with Crippen LogP contribution >= 0.6 is 11.6 Å². The Hall–Kier alpha value is -1.32. The van der Waals surface area contributed by atoms with Crippen molar-refractivity contribution in [2.45, 2.75) is 45.3 Å². The molecule has 108 valence electrons. The molecule has 20 heavy (non-hydrogen) atoms. The third-order valence-electron chi connectivity index (χ3n) is 3.38. The van der Waals surface area contributed by atoms with Crippen molar-refractivity contribution in [2.75, 3.05) is 0 Å². The van der Waals surface area contributed by atoms with Crippen LogP contribution in [0, 0.1) is 0 Å². The zero-order valence-electron chi connectivity index (χ0n) is 12.0.